The van der Waals surface area contributed by atoms with E-state index in [1.807, 2.05) is 25.7 Å². The van der Waals surface area contributed by atoms with Crippen LogP contribution in [0.1, 0.15) is 45.8 Å². The molecule has 0 radical (unpaired) electrons. The maximum atomic E-state index is 12.1. The van der Waals surface area contributed by atoms with E-state index >= 15 is 0 Å². The first-order chi connectivity index (χ1) is 9.83. The van der Waals surface area contributed by atoms with Crippen molar-refractivity contribution in [2.45, 2.75) is 52.1 Å². The molecule has 6 heteroatoms. The Hall–Kier alpha value is -1.72. The fourth-order valence-electron chi connectivity index (χ4n) is 2.59. The number of piperidine rings is 1. The molecule has 2 rings (SSSR count). The Balaban J connectivity index is 1.81. The van der Waals surface area contributed by atoms with Crippen LogP contribution in [0.2, 0.25) is 0 Å². The number of nitrogens with zero attached hydrogens (tertiary/aromatic N) is 2. The molecule has 1 aromatic rings. The van der Waals surface area contributed by atoms with Gasteiger partial charge < -0.3 is 19.9 Å². The monoisotopic (exact) mass is 295 g/mol. The van der Waals surface area contributed by atoms with E-state index in [0.29, 0.717) is 11.7 Å². The molecule has 0 saturated carbocycles. The summed E-state index contributed by atoms with van der Waals surface area (Å²) in [4.78, 5) is 13.9. The van der Waals surface area contributed by atoms with Gasteiger partial charge in [-0.3, -0.25) is 0 Å². The standard InChI is InChI=1S/C15H25N3O3/c1-15(2,3)20-14(19)18-8-4-5-11(10-18)6-7-12-9-13(16)17-21-12/h9,11H,4-8,10H2,1-3H3,(H2,16,17). The number of amides is 1. The van der Waals surface area contributed by atoms with Crippen molar-refractivity contribution in [3.8, 4) is 0 Å². The first-order valence-electron chi connectivity index (χ1n) is 7.52. The van der Waals surface area contributed by atoms with Crippen molar-refractivity contribution >= 4 is 11.9 Å². The van der Waals surface area contributed by atoms with Gasteiger partial charge in [-0.2, -0.15) is 0 Å². The van der Waals surface area contributed by atoms with Crippen LogP contribution in [0.25, 0.3) is 0 Å². The molecule has 1 atom stereocenters. The lowest BCUT2D eigenvalue weighted by atomic mass is 9.93. The van der Waals surface area contributed by atoms with Gasteiger partial charge in [-0.25, -0.2) is 4.79 Å². The Morgan fingerprint density at radius 2 is 2.33 bits per heavy atom. The Labute approximate surface area is 125 Å². The van der Waals surface area contributed by atoms with Crippen LogP contribution >= 0.6 is 0 Å². The highest BCUT2D eigenvalue weighted by Crippen LogP contribution is 2.23. The average molecular weight is 295 g/mol. The molecule has 21 heavy (non-hydrogen) atoms. The number of aromatic nitrogens is 1. The molecule has 2 N–H and O–H groups in total. The highest BCUT2D eigenvalue weighted by atomic mass is 16.6. The van der Waals surface area contributed by atoms with Crippen molar-refractivity contribution in [2.75, 3.05) is 18.8 Å². The number of carbonyl (C=O) groups is 1. The van der Waals surface area contributed by atoms with Crippen LogP contribution < -0.4 is 5.73 Å². The van der Waals surface area contributed by atoms with Gasteiger partial charge in [0.15, 0.2) is 5.82 Å². The number of anilines is 1. The Morgan fingerprint density at radius 1 is 1.57 bits per heavy atom. The number of carbonyl (C=O) groups excluding carboxylic acids is 1. The smallest absolute Gasteiger partial charge is 0.410 e. The average Bonchev–Trinajstić information content (AvgIpc) is 2.81. The zero-order chi connectivity index (χ0) is 15.5. The van der Waals surface area contributed by atoms with Crippen LogP contribution in [-0.2, 0) is 11.2 Å². The van der Waals surface area contributed by atoms with Gasteiger partial charge in [-0.05, 0) is 46.0 Å². The van der Waals surface area contributed by atoms with Crippen LogP contribution in [0, 0.1) is 5.92 Å². The Bertz CT molecular complexity index is 479. The lowest BCUT2D eigenvalue weighted by Crippen LogP contribution is -2.42. The third kappa shape index (κ3) is 4.95. The summed E-state index contributed by atoms with van der Waals surface area (Å²) in [6, 6.07) is 1.76. The normalized spacial score (nSPS) is 19.6. The van der Waals surface area contributed by atoms with Gasteiger partial charge in [0.1, 0.15) is 11.4 Å². The fraction of sp³-hybridized carbons (Fsp3) is 0.733. The Morgan fingerprint density at radius 3 is 2.95 bits per heavy atom. The van der Waals surface area contributed by atoms with Crippen LogP contribution in [-0.4, -0.2) is 34.8 Å². The van der Waals surface area contributed by atoms with Crippen LogP contribution in [0.3, 0.4) is 0 Å². The van der Waals surface area contributed by atoms with Gasteiger partial charge in [0.05, 0.1) is 0 Å². The second kappa shape index (κ2) is 6.37. The minimum atomic E-state index is -0.443. The molecule has 0 aliphatic carbocycles. The van der Waals surface area contributed by atoms with E-state index < -0.39 is 5.60 Å². The maximum absolute atomic E-state index is 12.1. The van der Waals surface area contributed by atoms with E-state index in [-0.39, 0.29) is 6.09 Å². The summed E-state index contributed by atoms with van der Waals surface area (Å²) in [5.74, 6) is 1.70. The predicted octanol–water partition coefficient (Wildman–Crippen LogP) is 2.84. The third-order valence-corrected chi connectivity index (χ3v) is 3.55. The zero-order valence-electron chi connectivity index (χ0n) is 13.1. The van der Waals surface area contributed by atoms with Crippen molar-refractivity contribution in [1.82, 2.24) is 10.1 Å². The lowest BCUT2D eigenvalue weighted by molar-refractivity contribution is 0.0161. The highest BCUT2D eigenvalue weighted by Gasteiger charge is 2.27. The second-order valence-corrected chi connectivity index (χ2v) is 6.69. The van der Waals surface area contributed by atoms with Gasteiger partial charge in [0.2, 0.25) is 0 Å². The van der Waals surface area contributed by atoms with E-state index in [9.17, 15) is 4.79 Å². The van der Waals surface area contributed by atoms with Gasteiger partial charge in [0.25, 0.3) is 0 Å². The summed E-state index contributed by atoms with van der Waals surface area (Å²) >= 11 is 0. The number of likely N-dealkylation sites (tertiary alicyclic amines) is 1. The maximum Gasteiger partial charge on any atom is 0.410 e. The number of hydrogen-bond donors (Lipinski definition) is 1. The molecular weight excluding hydrogens is 270 g/mol. The molecule has 6 nitrogen and oxygen atoms in total. The van der Waals surface area contributed by atoms with Gasteiger partial charge in [0, 0.05) is 25.6 Å². The van der Waals surface area contributed by atoms with E-state index in [0.717, 1.165) is 44.5 Å². The molecular formula is C15H25N3O3. The number of nitrogen functional groups attached to an aromatic ring is 1. The fourth-order valence-corrected chi connectivity index (χ4v) is 2.59. The van der Waals surface area contributed by atoms with Crippen molar-refractivity contribution in [1.29, 1.82) is 0 Å². The van der Waals surface area contributed by atoms with Gasteiger partial charge in [-0.15, -0.1) is 0 Å². The number of ether oxygens (including phenoxy) is 1. The number of aryl methyl sites for hydroxylation is 1. The molecule has 1 unspecified atom stereocenters. The number of rotatable bonds is 3. The molecule has 1 aromatic heterocycles. The summed E-state index contributed by atoms with van der Waals surface area (Å²) in [5.41, 5.74) is 5.09. The van der Waals surface area contributed by atoms with Crippen molar-refractivity contribution in [3.63, 3.8) is 0 Å². The summed E-state index contributed by atoms with van der Waals surface area (Å²) in [6.45, 7) is 7.20. The topological polar surface area (TPSA) is 81.6 Å². The van der Waals surface area contributed by atoms with Crippen LogP contribution in [0.4, 0.5) is 10.6 Å². The third-order valence-electron chi connectivity index (χ3n) is 3.55. The van der Waals surface area contributed by atoms with Crippen molar-refractivity contribution < 1.29 is 14.1 Å². The van der Waals surface area contributed by atoms with Gasteiger partial charge in [-0.1, -0.05) is 5.16 Å². The molecule has 1 saturated heterocycles. The van der Waals surface area contributed by atoms with E-state index in [2.05, 4.69) is 5.16 Å². The van der Waals surface area contributed by atoms with Gasteiger partial charge >= 0.3 is 6.09 Å². The first kappa shape index (κ1) is 15.7. The highest BCUT2D eigenvalue weighted by molar-refractivity contribution is 5.68. The summed E-state index contributed by atoms with van der Waals surface area (Å²) in [5, 5.41) is 3.68. The number of hydrogen-bond acceptors (Lipinski definition) is 5. The lowest BCUT2D eigenvalue weighted by Gasteiger charge is -2.34. The first-order valence-corrected chi connectivity index (χ1v) is 7.52. The van der Waals surface area contributed by atoms with Crippen molar-refractivity contribution in [3.05, 3.63) is 11.8 Å². The minimum Gasteiger partial charge on any atom is -0.444 e. The van der Waals surface area contributed by atoms with Crippen molar-refractivity contribution in [2.24, 2.45) is 5.92 Å². The zero-order valence-corrected chi connectivity index (χ0v) is 13.1. The second-order valence-electron chi connectivity index (χ2n) is 6.69. The molecule has 1 aliphatic rings. The predicted molar refractivity (Wildman–Crippen MR) is 79.8 cm³/mol. The molecule has 1 amide bonds. The quantitative estimate of drug-likeness (QED) is 0.927. The van der Waals surface area contributed by atoms with E-state index in [1.165, 1.54) is 0 Å². The Kier molecular flexibility index (Phi) is 4.75. The van der Waals surface area contributed by atoms with E-state index in [4.69, 9.17) is 15.0 Å². The molecule has 1 aliphatic heterocycles. The minimum absolute atomic E-state index is 0.212. The van der Waals surface area contributed by atoms with E-state index in [1.54, 1.807) is 6.07 Å². The summed E-state index contributed by atoms with van der Waals surface area (Å²) < 4.78 is 10.5. The molecule has 0 aromatic carbocycles. The number of nitrogens with two attached hydrogens (primary N) is 1. The SMILES string of the molecule is CC(C)(C)OC(=O)N1CCCC(CCc2cc(N)no2)C1. The van der Waals surface area contributed by atoms with Crippen LogP contribution in [0.15, 0.2) is 10.6 Å². The molecule has 1 fully saturated rings. The molecule has 0 bridgehead atoms. The molecule has 2 heterocycles. The molecule has 118 valence electrons. The summed E-state index contributed by atoms with van der Waals surface area (Å²) in [7, 11) is 0. The summed E-state index contributed by atoms with van der Waals surface area (Å²) in [6.07, 6.45) is 3.70. The van der Waals surface area contributed by atoms with Crippen LogP contribution in [0.5, 0.6) is 0 Å². The largest absolute Gasteiger partial charge is 0.444 e. The molecule has 0 spiro atoms.